The molecule has 1 aliphatic heterocycles. The van der Waals surface area contributed by atoms with Crippen molar-refractivity contribution >= 4 is 16.6 Å². The maximum atomic E-state index is 12.6. The molecule has 0 saturated carbocycles. The third-order valence-corrected chi connectivity index (χ3v) is 4.23. The van der Waals surface area contributed by atoms with Crippen LogP contribution in [0.3, 0.4) is 0 Å². The zero-order valence-electron chi connectivity index (χ0n) is 11.6. The Labute approximate surface area is 123 Å². The highest BCUT2D eigenvalue weighted by Gasteiger charge is 2.25. The van der Waals surface area contributed by atoms with Crippen LogP contribution in [0.1, 0.15) is 23.7 Å². The lowest BCUT2D eigenvalue weighted by atomic mass is 9.95. The Kier molecular flexibility index (Phi) is 2.78. The largest absolute Gasteiger partial charge is 0.618 e. The van der Waals surface area contributed by atoms with Gasteiger partial charge in [0.2, 0.25) is 11.2 Å². The number of fused-ring (bicyclic) bond motifs is 2. The molecule has 4 rings (SSSR count). The van der Waals surface area contributed by atoms with Gasteiger partial charge in [-0.25, -0.2) is 0 Å². The Morgan fingerprint density at radius 3 is 2.71 bits per heavy atom. The number of nitrogens with zero attached hydrogens (tertiary/aromatic N) is 1. The zero-order chi connectivity index (χ0) is 14.2. The fourth-order valence-corrected chi connectivity index (χ4v) is 3.11. The summed E-state index contributed by atoms with van der Waals surface area (Å²) in [6.45, 7) is 0. The number of rotatable bonds is 1. The van der Waals surface area contributed by atoms with Gasteiger partial charge in [0.25, 0.3) is 0 Å². The second-order valence-electron chi connectivity index (χ2n) is 5.50. The van der Waals surface area contributed by atoms with E-state index in [0.717, 1.165) is 39.9 Å². The molecule has 3 nitrogen and oxygen atoms in total. The average molecular weight is 276 g/mol. The van der Waals surface area contributed by atoms with Crippen molar-refractivity contribution in [3.63, 3.8) is 0 Å². The van der Waals surface area contributed by atoms with Crippen LogP contribution < -0.4 is 10.0 Å². The van der Waals surface area contributed by atoms with E-state index in [4.69, 9.17) is 0 Å². The van der Waals surface area contributed by atoms with E-state index in [0.29, 0.717) is 0 Å². The van der Waals surface area contributed by atoms with E-state index >= 15 is 0 Å². The molecule has 1 atom stereocenters. The summed E-state index contributed by atoms with van der Waals surface area (Å²) in [5, 5.41) is 17.1. The van der Waals surface area contributed by atoms with E-state index in [1.807, 2.05) is 42.5 Å². The SMILES string of the molecule is [O-][n+]1c([C@@H]2CCc3ccccc3N2)ccc2ccccc21. The molecule has 3 heteroatoms. The number of nitrogens with one attached hydrogen (secondary N) is 1. The average Bonchev–Trinajstić information content (AvgIpc) is 2.55. The van der Waals surface area contributed by atoms with Gasteiger partial charge < -0.3 is 10.5 Å². The first-order chi connectivity index (χ1) is 10.3. The van der Waals surface area contributed by atoms with Crippen molar-refractivity contribution < 1.29 is 4.73 Å². The van der Waals surface area contributed by atoms with Crippen LogP contribution in [0.2, 0.25) is 0 Å². The van der Waals surface area contributed by atoms with Crippen LogP contribution in [0.25, 0.3) is 10.9 Å². The molecule has 0 amide bonds. The number of benzene rings is 2. The summed E-state index contributed by atoms with van der Waals surface area (Å²) in [6.07, 6.45) is 1.94. The second kappa shape index (κ2) is 4.77. The van der Waals surface area contributed by atoms with Crippen LogP contribution in [0.15, 0.2) is 60.7 Å². The smallest absolute Gasteiger partial charge is 0.224 e. The molecule has 0 bridgehead atoms. The minimum atomic E-state index is 0.0713. The van der Waals surface area contributed by atoms with E-state index in [9.17, 15) is 5.21 Å². The van der Waals surface area contributed by atoms with Crippen LogP contribution in [0.5, 0.6) is 0 Å². The molecule has 0 fully saturated rings. The van der Waals surface area contributed by atoms with E-state index in [2.05, 4.69) is 23.5 Å². The molecule has 3 aromatic rings. The lowest BCUT2D eigenvalue weighted by Crippen LogP contribution is -2.37. The molecule has 0 saturated heterocycles. The van der Waals surface area contributed by atoms with Crippen LogP contribution >= 0.6 is 0 Å². The summed E-state index contributed by atoms with van der Waals surface area (Å²) in [4.78, 5) is 0. The van der Waals surface area contributed by atoms with Gasteiger partial charge in [0.05, 0.1) is 0 Å². The van der Waals surface area contributed by atoms with Gasteiger partial charge in [-0.1, -0.05) is 30.3 Å². The molecule has 0 radical (unpaired) electrons. The maximum absolute atomic E-state index is 12.6. The molecule has 1 aliphatic rings. The predicted molar refractivity (Wildman–Crippen MR) is 84.0 cm³/mol. The standard InChI is InChI=1S/C18H16N2O/c21-20-17-8-4-2-6-14(17)10-12-18(20)16-11-9-13-5-1-3-7-15(13)19-16/h1-8,10,12,16,19H,9,11H2/t16-/m0/s1. The van der Waals surface area contributed by atoms with Crippen molar-refractivity contribution in [2.45, 2.75) is 18.9 Å². The Hall–Kier alpha value is -2.55. The van der Waals surface area contributed by atoms with Gasteiger partial charge in [0.15, 0.2) is 0 Å². The highest BCUT2D eigenvalue weighted by atomic mass is 16.5. The first kappa shape index (κ1) is 12.2. The molecular formula is C18H16N2O. The van der Waals surface area contributed by atoms with Crippen molar-refractivity contribution in [1.29, 1.82) is 0 Å². The van der Waals surface area contributed by atoms with Gasteiger partial charge in [-0.2, -0.15) is 4.73 Å². The number of para-hydroxylation sites is 2. The van der Waals surface area contributed by atoms with Gasteiger partial charge in [0, 0.05) is 23.2 Å². The summed E-state index contributed by atoms with van der Waals surface area (Å²) in [7, 11) is 0. The van der Waals surface area contributed by atoms with E-state index in [-0.39, 0.29) is 6.04 Å². The zero-order valence-corrected chi connectivity index (χ0v) is 11.6. The Morgan fingerprint density at radius 1 is 0.952 bits per heavy atom. The van der Waals surface area contributed by atoms with Gasteiger partial charge in [0.1, 0.15) is 6.04 Å². The van der Waals surface area contributed by atoms with Gasteiger partial charge in [-0.3, -0.25) is 0 Å². The molecule has 0 aliphatic carbocycles. The van der Waals surface area contributed by atoms with Crippen molar-refractivity contribution in [3.05, 3.63) is 77.1 Å². The van der Waals surface area contributed by atoms with E-state index in [1.54, 1.807) is 0 Å². The minimum absolute atomic E-state index is 0.0713. The fraction of sp³-hybridized carbons (Fsp3) is 0.167. The Morgan fingerprint density at radius 2 is 1.76 bits per heavy atom. The summed E-state index contributed by atoms with van der Waals surface area (Å²) >= 11 is 0. The Bertz CT molecular complexity index is 813. The predicted octanol–water partition coefficient (Wildman–Crippen LogP) is 3.57. The minimum Gasteiger partial charge on any atom is -0.618 e. The van der Waals surface area contributed by atoms with Gasteiger partial charge in [-0.15, -0.1) is 0 Å². The molecular weight excluding hydrogens is 260 g/mol. The number of anilines is 1. The molecule has 0 spiro atoms. The van der Waals surface area contributed by atoms with Gasteiger partial charge in [-0.05, 0) is 36.6 Å². The van der Waals surface area contributed by atoms with Crippen LogP contribution in [0, 0.1) is 5.21 Å². The molecule has 1 N–H and O–H groups in total. The third-order valence-electron chi connectivity index (χ3n) is 4.23. The first-order valence-electron chi connectivity index (χ1n) is 7.28. The fourth-order valence-electron chi connectivity index (χ4n) is 3.11. The highest BCUT2D eigenvalue weighted by molar-refractivity contribution is 5.75. The lowest BCUT2D eigenvalue weighted by molar-refractivity contribution is -0.587. The quantitative estimate of drug-likeness (QED) is 0.545. The van der Waals surface area contributed by atoms with E-state index in [1.165, 1.54) is 5.56 Å². The van der Waals surface area contributed by atoms with Crippen molar-refractivity contribution in [2.24, 2.45) is 0 Å². The van der Waals surface area contributed by atoms with E-state index < -0.39 is 0 Å². The van der Waals surface area contributed by atoms with Crippen molar-refractivity contribution in [1.82, 2.24) is 0 Å². The summed E-state index contributed by atoms with van der Waals surface area (Å²) in [5.74, 6) is 0. The lowest BCUT2D eigenvalue weighted by Gasteiger charge is -2.26. The third kappa shape index (κ3) is 2.02. The van der Waals surface area contributed by atoms with Crippen LogP contribution in [-0.4, -0.2) is 0 Å². The van der Waals surface area contributed by atoms with Crippen LogP contribution in [0.4, 0.5) is 5.69 Å². The number of aromatic nitrogens is 1. The monoisotopic (exact) mass is 276 g/mol. The number of aryl methyl sites for hydroxylation is 1. The summed E-state index contributed by atoms with van der Waals surface area (Å²) in [5.41, 5.74) is 3.99. The maximum Gasteiger partial charge on any atom is 0.224 e. The van der Waals surface area contributed by atoms with Gasteiger partial charge >= 0.3 is 0 Å². The molecule has 1 aromatic heterocycles. The highest BCUT2D eigenvalue weighted by Crippen LogP contribution is 2.31. The topological polar surface area (TPSA) is 39.0 Å². The normalized spacial score (nSPS) is 17.2. The summed E-state index contributed by atoms with van der Waals surface area (Å²) < 4.78 is 1.07. The Balaban J connectivity index is 1.76. The molecule has 104 valence electrons. The first-order valence-corrected chi connectivity index (χ1v) is 7.28. The van der Waals surface area contributed by atoms with Crippen molar-refractivity contribution in [2.75, 3.05) is 5.32 Å². The van der Waals surface area contributed by atoms with Crippen LogP contribution in [-0.2, 0) is 6.42 Å². The summed E-state index contributed by atoms with van der Waals surface area (Å²) in [6, 6.07) is 20.1. The molecule has 0 unspecified atom stereocenters. The number of hydrogen-bond donors (Lipinski definition) is 1. The molecule has 21 heavy (non-hydrogen) atoms. The second-order valence-corrected chi connectivity index (χ2v) is 5.50. The van der Waals surface area contributed by atoms with Crippen molar-refractivity contribution in [3.8, 4) is 0 Å². The number of hydrogen-bond acceptors (Lipinski definition) is 2. The molecule has 2 heterocycles. The molecule has 2 aromatic carbocycles. The number of pyridine rings is 1.